The molecule has 1 heterocycles. The van der Waals surface area contributed by atoms with E-state index in [1.165, 1.54) is 12.1 Å². The van der Waals surface area contributed by atoms with Crippen LogP contribution in [0, 0.1) is 5.82 Å². The molecule has 1 fully saturated rings. The third-order valence-corrected chi connectivity index (χ3v) is 5.10. The van der Waals surface area contributed by atoms with E-state index in [-0.39, 0.29) is 11.3 Å². The molecule has 3 rings (SSSR count). The molecule has 0 radical (unpaired) electrons. The van der Waals surface area contributed by atoms with Crippen molar-refractivity contribution in [3.8, 4) is 0 Å². The molecule has 1 saturated carbocycles. The minimum atomic E-state index is -0.895. The Morgan fingerprint density at radius 2 is 1.96 bits per heavy atom. The highest BCUT2D eigenvalue weighted by molar-refractivity contribution is 5.93. The third-order valence-electron chi connectivity index (χ3n) is 5.10. The first-order valence-corrected chi connectivity index (χ1v) is 9.41. The second-order valence-electron chi connectivity index (χ2n) is 8.25. The molecule has 7 heteroatoms. The fourth-order valence-corrected chi connectivity index (χ4v) is 3.51. The summed E-state index contributed by atoms with van der Waals surface area (Å²) in [4.78, 5) is 25.0. The van der Waals surface area contributed by atoms with Gasteiger partial charge in [0, 0.05) is 11.5 Å². The summed E-state index contributed by atoms with van der Waals surface area (Å²) in [5.41, 5.74) is 0.198. The van der Waals surface area contributed by atoms with E-state index in [9.17, 15) is 14.0 Å². The zero-order chi connectivity index (χ0) is 20.4. The number of nitrogens with one attached hydrogen (secondary N) is 1. The molecule has 2 aromatic rings. The first-order chi connectivity index (χ1) is 13.2. The topological polar surface area (TPSA) is 81.4 Å². The van der Waals surface area contributed by atoms with Crippen LogP contribution in [0.1, 0.15) is 57.7 Å². The number of esters is 1. The number of hydrogen-bond donors (Lipinski definition) is 1. The minimum absolute atomic E-state index is 0.201. The van der Waals surface area contributed by atoms with Crippen LogP contribution < -0.4 is 5.32 Å². The fraction of sp³-hybridized carbons (Fsp3) is 0.476. The normalized spacial score (nSPS) is 16.0. The quantitative estimate of drug-likeness (QED) is 0.780. The maximum absolute atomic E-state index is 13.7. The summed E-state index contributed by atoms with van der Waals surface area (Å²) >= 11 is 0. The van der Waals surface area contributed by atoms with Crippen LogP contribution in [0.2, 0.25) is 0 Å². The number of nitrogens with zero attached hydrogens (tertiary/aromatic N) is 1. The lowest BCUT2D eigenvalue weighted by molar-refractivity contribution is -0.153. The fourth-order valence-electron chi connectivity index (χ4n) is 3.51. The highest BCUT2D eigenvalue weighted by atomic mass is 19.1. The van der Waals surface area contributed by atoms with Gasteiger partial charge in [-0.2, -0.15) is 0 Å². The highest BCUT2D eigenvalue weighted by Gasteiger charge is 2.44. The number of aromatic nitrogens is 1. The molecule has 1 aromatic heterocycles. The Kier molecular flexibility index (Phi) is 5.54. The summed E-state index contributed by atoms with van der Waals surface area (Å²) in [5.74, 6) is -1.21. The Hall–Kier alpha value is -2.70. The lowest BCUT2D eigenvalue weighted by atomic mass is 9.79. The number of carbonyl (C=O) groups is 2. The molecule has 0 saturated heterocycles. The first-order valence-electron chi connectivity index (χ1n) is 9.41. The van der Waals surface area contributed by atoms with Gasteiger partial charge in [0.1, 0.15) is 5.82 Å². The van der Waals surface area contributed by atoms with Gasteiger partial charge in [0.05, 0.1) is 11.1 Å². The number of anilines is 1. The van der Waals surface area contributed by atoms with Crippen molar-refractivity contribution < 1.29 is 23.2 Å². The van der Waals surface area contributed by atoms with Crippen LogP contribution in [0.15, 0.2) is 34.9 Å². The van der Waals surface area contributed by atoms with Gasteiger partial charge in [-0.25, -0.2) is 4.39 Å². The molecule has 6 nitrogen and oxygen atoms in total. The highest BCUT2D eigenvalue weighted by Crippen LogP contribution is 2.42. The zero-order valence-electron chi connectivity index (χ0n) is 16.4. The van der Waals surface area contributed by atoms with E-state index in [2.05, 4.69) is 10.5 Å². The SMILES string of the molecule is CC(C)(C)c1cc(NC(=O)COC(=O)C2(c3cccc(F)c3)CCCC2)on1. The molecule has 28 heavy (non-hydrogen) atoms. The van der Waals surface area contributed by atoms with Gasteiger partial charge < -0.3 is 9.26 Å². The summed E-state index contributed by atoms with van der Waals surface area (Å²) in [6.45, 7) is 5.49. The molecule has 0 unspecified atom stereocenters. The summed E-state index contributed by atoms with van der Waals surface area (Å²) in [5, 5.41) is 6.46. The number of carbonyl (C=O) groups excluding carboxylic acids is 2. The van der Waals surface area contributed by atoms with Gasteiger partial charge in [-0.3, -0.25) is 14.9 Å². The van der Waals surface area contributed by atoms with Crippen molar-refractivity contribution in [3.05, 3.63) is 47.4 Å². The Bertz CT molecular complexity index is 863. The van der Waals surface area contributed by atoms with E-state index in [4.69, 9.17) is 9.26 Å². The van der Waals surface area contributed by atoms with Crippen molar-refractivity contribution in [3.63, 3.8) is 0 Å². The molecule has 0 spiro atoms. The van der Waals surface area contributed by atoms with Crippen LogP contribution in [-0.4, -0.2) is 23.6 Å². The molecular formula is C21H25FN2O4. The van der Waals surface area contributed by atoms with Gasteiger partial charge in [-0.05, 0) is 30.5 Å². The lowest BCUT2D eigenvalue weighted by Crippen LogP contribution is -2.36. The van der Waals surface area contributed by atoms with Crippen molar-refractivity contribution in [2.24, 2.45) is 0 Å². The molecule has 1 N–H and O–H groups in total. The average Bonchev–Trinajstić information content (AvgIpc) is 3.29. The van der Waals surface area contributed by atoms with Gasteiger partial charge in [0.2, 0.25) is 5.88 Å². The van der Waals surface area contributed by atoms with Crippen LogP contribution in [0.25, 0.3) is 0 Å². The van der Waals surface area contributed by atoms with Gasteiger partial charge in [-0.1, -0.05) is 50.9 Å². The van der Waals surface area contributed by atoms with Crippen LogP contribution >= 0.6 is 0 Å². The standard InChI is InChI=1S/C21H25FN2O4/c1-20(2,3)16-12-18(28-24-16)23-17(25)13-27-19(26)21(9-4-5-10-21)14-7-6-8-15(22)11-14/h6-8,11-12H,4-5,9-10,13H2,1-3H3,(H,23,25). The summed E-state index contributed by atoms with van der Waals surface area (Å²) in [6, 6.07) is 7.67. The van der Waals surface area contributed by atoms with E-state index in [1.54, 1.807) is 18.2 Å². The van der Waals surface area contributed by atoms with E-state index < -0.39 is 29.7 Å². The maximum atomic E-state index is 13.7. The third kappa shape index (κ3) is 4.24. The zero-order valence-corrected chi connectivity index (χ0v) is 16.4. The van der Waals surface area contributed by atoms with Gasteiger partial charge in [0.25, 0.3) is 5.91 Å². The minimum Gasteiger partial charge on any atom is -0.455 e. The van der Waals surface area contributed by atoms with Crippen molar-refractivity contribution in [2.45, 2.75) is 57.3 Å². The summed E-state index contributed by atoms with van der Waals surface area (Å²) in [7, 11) is 0. The Morgan fingerprint density at radius 3 is 2.57 bits per heavy atom. The monoisotopic (exact) mass is 388 g/mol. The average molecular weight is 388 g/mol. The van der Waals surface area contributed by atoms with Gasteiger partial charge >= 0.3 is 5.97 Å². The molecule has 0 aliphatic heterocycles. The van der Waals surface area contributed by atoms with Crippen molar-refractivity contribution in [1.29, 1.82) is 0 Å². The molecule has 1 amide bonds. The number of benzene rings is 1. The smallest absolute Gasteiger partial charge is 0.317 e. The molecule has 1 aliphatic rings. The molecule has 1 aromatic carbocycles. The lowest BCUT2D eigenvalue weighted by Gasteiger charge is -2.27. The van der Waals surface area contributed by atoms with Crippen LogP contribution in [0.3, 0.4) is 0 Å². The Morgan fingerprint density at radius 1 is 1.25 bits per heavy atom. The maximum Gasteiger partial charge on any atom is 0.317 e. The molecule has 0 atom stereocenters. The van der Waals surface area contributed by atoms with Crippen molar-refractivity contribution in [1.82, 2.24) is 5.16 Å². The molecule has 150 valence electrons. The van der Waals surface area contributed by atoms with E-state index >= 15 is 0 Å². The van der Waals surface area contributed by atoms with E-state index in [1.807, 2.05) is 20.8 Å². The molecular weight excluding hydrogens is 363 g/mol. The number of ether oxygens (including phenoxy) is 1. The van der Waals surface area contributed by atoms with Crippen molar-refractivity contribution in [2.75, 3.05) is 11.9 Å². The molecule has 0 bridgehead atoms. The second-order valence-corrected chi connectivity index (χ2v) is 8.25. The van der Waals surface area contributed by atoms with Gasteiger partial charge in [0.15, 0.2) is 6.61 Å². The van der Waals surface area contributed by atoms with E-state index in [0.29, 0.717) is 24.1 Å². The summed E-state index contributed by atoms with van der Waals surface area (Å²) < 4.78 is 24.1. The van der Waals surface area contributed by atoms with Crippen molar-refractivity contribution >= 4 is 17.8 Å². The first kappa shape index (κ1) is 20.0. The largest absolute Gasteiger partial charge is 0.455 e. The van der Waals surface area contributed by atoms with Crippen LogP contribution in [-0.2, 0) is 25.2 Å². The predicted octanol–water partition coefficient (Wildman–Crippen LogP) is 4.10. The molecule has 1 aliphatic carbocycles. The number of rotatable bonds is 5. The Balaban J connectivity index is 1.63. The number of halogens is 1. The second kappa shape index (κ2) is 7.73. The summed E-state index contributed by atoms with van der Waals surface area (Å²) in [6.07, 6.45) is 2.86. The predicted molar refractivity (Wildman–Crippen MR) is 101 cm³/mol. The Labute approximate surface area is 163 Å². The van der Waals surface area contributed by atoms with Crippen LogP contribution in [0.4, 0.5) is 10.3 Å². The van der Waals surface area contributed by atoms with Crippen LogP contribution in [0.5, 0.6) is 0 Å². The van der Waals surface area contributed by atoms with Gasteiger partial charge in [-0.15, -0.1) is 0 Å². The number of hydrogen-bond acceptors (Lipinski definition) is 5. The van der Waals surface area contributed by atoms with E-state index in [0.717, 1.165) is 12.8 Å². The number of amides is 1.